The van der Waals surface area contributed by atoms with Crippen LogP contribution in [0.4, 0.5) is 5.82 Å². The van der Waals surface area contributed by atoms with E-state index < -0.39 is 0 Å². The lowest BCUT2D eigenvalue weighted by Crippen LogP contribution is -2.16. The van der Waals surface area contributed by atoms with Crippen LogP contribution in [0.5, 0.6) is 0 Å². The maximum absolute atomic E-state index is 12.7. The van der Waals surface area contributed by atoms with Gasteiger partial charge < -0.3 is 5.32 Å². The number of hydrogen-bond donors (Lipinski definition) is 1. The van der Waals surface area contributed by atoms with Crippen molar-refractivity contribution in [3.63, 3.8) is 0 Å². The van der Waals surface area contributed by atoms with Gasteiger partial charge in [0.05, 0.1) is 18.3 Å². The normalized spacial score (nSPS) is 10.6. The molecule has 4 heteroatoms. The second-order valence-corrected chi connectivity index (χ2v) is 7.48. The zero-order chi connectivity index (χ0) is 20.9. The first-order valence-corrected chi connectivity index (χ1v) is 9.93. The minimum Gasteiger partial charge on any atom is -0.309 e. The number of nitrogens with zero attached hydrogens (tertiary/aromatic N) is 2. The molecule has 0 atom stereocenters. The molecule has 0 saturated carbocycles. The molecule has 1 aromatic heterocycles. The number of allylic oxidation sites excluding steroid dienone is 1. The number of anilines is 1. The Labute approximate surface area is 176 Å². The van der Waals surface area contributed by atoms with E-state index in [2.05, 4.69) is 28.5 Å². The SMILES string of the molecule is CC(C)=Cc1nc(-c2ccccc2)cnc1NC(=O)Cc1ccc2ccccc2c1. The Kier molecular flexibility index (Phi) is 5.66. The highest BCUT2D eigenvalue weighted by Crippen LogP contribution is 2.22. The van der Waals surface area contributed by atoms with Gasteiger partial charge in [-0.25, -0.2) is 9.97 Å². The van der Waals surface area contributed by atoms with Crippen molar-refractivity contribution in [1.82, 2.24) is 9.97 Å². The molecule has 3 aromatic carbocycles. The Morgan fingerprint density at radius 2 is 1.67 bits per heavy atom. The van der Waals surface area contributed by atoms with E-state index in [0.717, 1.165) is 33.2 Å². The number of carbonyl (C=O) groups excluding carboxylic acids is 1. The topological polar surface area (TPSA) is 54.9 Å². The van der Waals surface area contributed by atoms with Crippen LogP contribution in [-0.2, 0) is 11.2 Å². The smallest absolute Gasteiger partial charge is 0.230 e. The molecule has 4 aromatic rings. The predicted octanol–water partition coefficient (Wildman–Crippen LogP) is 5.90. The molecule has 0 aliphatic rings. The molecule has 148 valence electrons. The zero-order valence-corrected chi connectivity index (χ0v) is 17.1. The number of amides is 1. The number of benzene rings is 3. The summed E-state index contributed by atoms with van der Waals surface area (Å²) >= 11 is 0. The minimum atomic E-state index is -0.115. The standard InChI is InChI=1S/C26H23N3O/c1-18(2)14-23-26(27-17-24(28-23)21-9-4-3-5-10-21)29-25(30)16-19-12-13-20-8-6-7-11-22(20)15-19/h3-15,17H,16H2,1-2H3,(H,27,29,30). The summed E-state index contributed by atoms with van der Waals surface area (Å²) < 4.78 is 0. The van der Waals surface area contributed by atoms with Crippen LogP contribution in [0.2, 0.25) is 0 Å². The van der Waals surface area contributed by atoms with Gasteiger partial charge in [0.15, 0.2) is 5.82 Å². The van der Waals surface area contributed by atoms with E-state index in [9.17, 15) is 4.79 Å². The fourth-order valence-corrected chi connectivity index (χ4v) is 3.33. The number of fused-ring (bicyclic) bond motifs is 1. The number of rotatable bonds is 5. The zero-order valence-electron chi connectivity index (χ0n) is 17.1. The van der Waals surface area contributed by atoms with Crippen LogP contribution in [0.3, 0.4) is 0 Å². The predicted molar refractivity (Wildman–Crippen MR) is 123 cm³/mol. The summed E-state index contributed by atoms with van der Waals surface area (Å²) in [7, 11) is 0. The molecule has 0 saturated heterocycles. The monoisotopic (exact) mass is 393 g/mol. The van der Waals surface area contributed by atoms with Crippen molar-refractivity contribution in [3.8, 4) is 11.3 Å². The van der Waals surface area contributed by atoms with Crippen LogP contribution >= 0.6 is 0 Å². The fraction of sp³-hybridized carbons (Fsp3) is 0.115. The molecule has 4 rings (SSSR count). The molecule has 0 fully saturated rings. The van der Waals surface area contributed by atoms with Gasteiger partial charge >= 0.3 is 0 Å². The third-order valence-corrected chi connectivity index (χ3v) is 4.73. The second kappa shape index (κ2) is 8.70. The van der Waals surface area contributed by atoms with Gasteiger partial charge in [0, 0.05) is 5.56 Å². The van der Waals surface area contributed by atoms with E-state index in [1.807, 2.05) is 74.5 Å². The minimum absolute atomic E-state index is 0.115. The fourth-order valence-electron chi connectivity index (χ4n) is 3.33. The second-order valence-electron chi connectivity index (χ2n) is 7.48. The third-order valence-electron chi connectivity index (χ3n) is 4.73. The van der Waals surface area contributed by atoms with E-state index in [1.54, 1.807) is 6.20 Å². The summed E-state index contributed by atoms with van der Waals surface area (Å²) in [6.45, 7) is 4.00. The van der Waals surface area contributed by atoms with Crippen molar-refractivity contribution in [2.45, 2.75) is 20.3 Å². The average molecular weight is 393 g/mol. The molecule has 0 radical (unpaired) electrons. The Bertz CT molecular complexity index is 1230. The Morgan fingerprint density at radius 3 is 2.43 bits per heavy atom. The summed E-state index contributed by atoms with van der Waals surface area (Å²) in [5, 5.41) is 5.22. The van der Waals surface area contributed by atoms with Gasteiger partial charge in [0.25, 0.3) is 0 Å². The van der Waals surface area contributed by atoms with Crippen molar-refractivity contribution in [2.24, 2.45) is 0 Å². The molecule has 4 nitrogen and oxygen atoms in total. The van der Waals surface area contributed by atoms with Gasteiger partial charge in [0.1, 0.15) is 5.69 Å². The van der Waals surface area contributed by atoms with E-state index >= 15 is 0 Å². The van der Waals surface area contributed by atoms with Gasteiger partial charge in [-0.05, 0) is 36.3 Å². The molecular weight excluding hydrogens is 370 g/mol. The van der Waals surface area contributed by atoms with E-state index in [4.69, 9.17) is 4.98 Å². The lowest BCUT2D eigenvalue weighted by molar-refractivity contribution is -0.115. The Morgan fingerprint density at radius 1 is 0.933 bits per heavy atom. The number of nitrogens with one attached hydrogen (secondary N) is 1. The van der Waals surface area contributed by atoms with E-state index in [1.165, 1.54) is 0 Å². The summed E-state index contributed by atoms with van der Waals surface area (Å²) in [5.74, 6) is 0.358. The summed E-state index contributed by atoms with van der Waals surface area (Å²) in [6.07, 6.45) is 3.91. The molecule has 1 heterocycles. The van der Waals surface area contributed by atoms with Crippen molar-refractivity contribution in [1.29, 1.82) is 0 Å². The molecule has 0 spiro atoms. The van der Waals surface area contributed by atoms with Crippen molar-refractivity contribution >= 4 is 28.6 Å². The highest BCUT2D eigenvalue weighted by atomic mass is 16.1. The molecule has 30 heavy (non-hydrogen) atoms. The van der Waals surface area contributed by atoms with Gasteiger partial charge in [-0.3, -0.25) is 4.79 Å². The molecule has 0 aliphatic heterocycles. The van der Waals surface area contributed by atoms with Crippen LogP contribution in [-0.4, -0.2) is 15.9 Å². The summed E-state index contributed by atoms with van der Waals surface area (Å²) in [6, 6.07) is 24.1. The van der Waals surface area contributed by atoms with E-state index in [-0.39, 0.29) is 12.3 Å². The summed E-state index contributed by atoms with van der Waals surface area (Å²) in [4.78, 5) is 21.9. The molecule has 0 aliphatic carbocycles. The van der Waals surface area contributed by atoms with Crippen LogP contribution < -0.4 is 5.32 Å². The lowest BCUT2D eigenvalue weighted by Gasteiger charge is -2.10. The van der Waals surface area contributed by atoms with Gasteiger partial charge in [-0.15, -0.1) is 0 Å². The number of carbonyl (C=O) groups is 1. The third kappa shape index (κ3) is 4.61. The van der Waals surface area contributed by atoms with Gasteiger partial charge in [-0.1, -0.05) is 78.4 Å². The Balaban J connectivity index is 1.57. The highest BCUT2D eigenvalue weighted by molar-refractivity contribution is 5.94. The average Bonchev–Trinajstić information content (AvgIpc) is 2.75. The van der Waals surface area contributed by atoms with Crippen LogP contribution in [0.25, 0.3) is 28.1 Å². The van der Waals surface area contributed by atoms with Crippen LogP contribution in [0.1, 0.15) is 25.1 Å². The quantitative estimate of drug-likeness (QED) is 0.459. The van der Waals surface area contributed by atoms with Gasteiger partial charge in [0.2, 0.25) is 5.91 Å². The van der Waals surface area contributed by atoms with Crippen molar-refractivity contribution < 1.29 is 4.79 Å². The van der Waals surface area contributed by atoms with Crippen LogP contribution in [0.15, 0.2) is 84.6 Å². The first-order valence-electron chi connectivity index (χ1n) is 9.93. The molecule has 1 amide bonds. The largest absolute Gasteiger partial charge is 0.309 e. The summed E-state index contributed by atoms with van der Waals surface area (Å²) in [5.41, 5.74) is 4.46. The molecule has 1 N–H and O–H groups in total. The first kappa shape index (κ1) is 19.5. The van der Waals surface area contributed by atoms with Crippen molar-refractivity contribution in [3.05, 3.63) is 95.8 Å². The number of hydrogen-bond acceptors (Lipinski definition) is 3. The van der Waals surface area contributed by atoms with Crippen LogP contribution in [0, 0.1) is 0 Å². The first-order chi connectivity index (χ1) is 14.6. The molecular formula is C26H23N3O. The Hall–Kier alpha value is -3.79. The van der Waals surface area contributed by atoms with E-state index in [0.29, 0.717) is 11.5 Å². The maximum Gasteiger partial charge on any atom is 0.230 e. The maximum atomic E-state index is 12.7. The van der Waals surface area contributed by atoms with Gasteiger partial charge in [-0.2, -0.15) is 0 Å². The van der Waals surface area contributed by atoms with Crippen molar-refractivity contribution in [2.75, 3.05) is 5.32 Å². The molecule has 0 unspecified atom stereocenters. The number of aromatic nitrogens is 2. The lowest BCUT2D eigenvalue weighted by atomic mass is 10.0. The highest BCUT2D eigenvalue weighted by Gasteiger charge is 2.12. The molecule has 0 bridgehead atoms.